The fraction of sp³-hybridized carbons (Fsp3) is 0.455. The van der Waals surface area contributed by atoms with Gasteiger partial charge in [0.2, 0.25) is 0 Å². The first-order valence-electron chi connectivity index (χ1n) is 5.30. The summed E-state index contributed by atoms with van der Waals surface area (Å²) in [6.07, 6.45) is -3.88. The Balaban J connectivity index is 2.05. The van der Waals surface area contributed by atoms with Crippen LogP contribution in [-0.2, 0) is 4.74 Å². The number of phenolic OH excluding ortho intramolecular Hbond substituents is 1. The smallest absolute Gasteiger partial charge is 0.157 e. The molecule has 2 rings (SSSR count). The van der Waals surface area contributed by atoms with Crippen LogP contribution in [-0.4, -0.2) is 51.6 Å². The van der Waals surface area contributed by atoms with E-state index in [-0.39, 0.29) is 12.4 Å². The number of ether oxygens (including phenoxy) is 1. The van der Waals surface area contributed by atoms with Crippen LogP contribution < -0.4 is 5.32 Å². The van der Waals surface area contributed by atoms with Gasteiger partial charge in [-0.2, -0.15) is 0 Å². The molecule has 1 aromatic rings. The molecule has 0 amide bonds. The summed E-state index contributed by atoms with van der Waals surface area (Å²) in [5, 5.41) is 40.2. The number of aliphatic hydroxyl groups excluding tert-OH is 3. The van der Waals surface area contributed by atoms with Crippen molar-refractivity contribution in [1.82, 2.24) is 0 Å². The number of anilines is 1. The summed E-state index contributed by atoms with van der Waals surface area (Å²) in [5.74, 6) is 0.0849. The highest BCUT2D eigenvalue weighted by atomic mass is 16.6. The van der Waals surface area contributed by atoms with Gasteiger partial charge in [-0.05, 0) is 12.1 Å². The fourth-order valence-electron chi connectivity index (χ4n) is 1.78. The average molecular weight is 241 g/mol. The van der Waals surface area contributed by atoms with Crippen LogP contribution in [0.5, 0.6) is 5.75 Å². The molecule has 0 aliphatic carbocycles. The Morgan fingerprint density at radius 1 is 1.24 bits per heavy atom. The number of rotatable bonds is 3. The lowest BCUT2D eigenvalue weighted by Crippen LogP contribution is -2.36. The van der Waals surface area contributed by atoms with Gasteiger partial charge in [0.25, 0.3) is 0 Å². The zero-order valence-corrected chi connectivity index (χ0v) is 9.02. The number of phenols is 1. The Hall–Kier alpha value is -1.34. The number of nitrogens with one attached hydrogen (secondary N) is 1. The predicted molar refractivity (Wildman–Crippen MR) is 59.5 cm³/mol. The normalized spacial score (nSPS) is 32.6. The summed E-state index contributed by atoms with van der Waals surface area (Å²) in [7, 11) is 0. The van der Waals surface area contributed by atoms with Crippen molar-refractivity contribution in [2.75, 3.05) is 11.9 Å². The molecule has 1 unspecified atom stereocenters. The summed E-state index contributed by atoms with van der Waals surface area (Å²) in [6.45, 7) is -0.365. The maximum absolute atomic E-state index is 9.68. The van der Waals surface area contributed by atoms with Crippen molar-refractivity contribution >= 4 is 5.69 Å². The molecule has 4 atom stereocenters. The lowest BCUT2D eigenvalue weighted by molar-refractivity contribution is -0.0153. The molecule has 0 bridgehead atoms. The molecule has 1 saturated heterocycles. The third-order valence-corrected chi connectivity index (χ3v) is 2.70. The zero-order valence-electron chi connectivity index (χ0n) is 9.02. The van der Waals surface area contributed by atoms with Gasteiger partial charge in [-0.15, -0.1) is 0 Å². The average Bonchev–Trinajstić information content (AvgIpc) is 2.57. The number of aromatic hydroxyl groups is 1. The molecule has 0 aromatic heterocycles. The Morgan fingerprint density at radius 3 is 2.59 bits per heavy atom. The first kappa shape index (κ1) is 12.1. The van der Waals surface area contributed by atoms with Crippen LogP contribution >= 0.6 is 0 Å². The van der Waals surface area contributed by atoms with Crippen LogP contribution in [0.1, 0.15) is 0 Å². The molecule has 94 valence electrons. The summed E-state index contributed by atoms with van der Waals surface area (Å²) >= 11 is 0. The van der Waals surface area contributed by atoms with Crippen molar-refractivity contribution in [2.45, 2.75) is 24.5 Å². The van der Waals surface area contributed by atoms with Crippen molar-refractivity contribution < 1.29 is 25.2 Å². The third kappa shape index (κ3) is 2.50. The van der Waals surface area contributed by atoms with E-state index in [0.717, 1.165) is 0 Å². The second-order valence-corrected chi connectivity index (χ2v) is 3.95. The van der Waals surface area contributed by atoms with Crippen molar-refractivity contribution in [1.29, 1.82) is 0 Å². The standard InChI is InChI=1S/C11H15NO5/c13-5-8-9(15)10(16)11(17-8)12-6-2-1-3-7(14)4-6/h1-4,8-16H,5H2/t8-,9-,10-,11?/m1/s1. The summed E-state index contributed by atoms with van der Waals surface area (Å²) in [6, 6.07) is 6.31. The molecule has 17 heavy (non-hydrogen) atoms. The van der Waals surface area contributed by atoms with E-state index in [2.05, 4.69) is 5.32 Å². The van der Waals surface area contributed by atoms with Crippen molar-refractivity contribution in [3.05, 3.63) is 24.3 Å². The quantitative estimate of drug-likeness (QED) is 0.477. The molecule has 6 heteroatoms. The maximum Gasteiger partial charge on any atom is 0.157 e. The van der Waals surface area contributed by atoms with Crippen molar-refractivity contribution in [2.24, 2.45) is 0 Å². The number of aliphatic hydroxyl groups is 3. The topological polar surface area (TPSA) is 102 Å². The zero-order chi connectivity index (χ0) is 12.4. The number of benzene rings is 1. The first-order chi connectivity index (χ1) is 8.11. The predicted octanol–water partition coefficient (Wildman–Crippen LogP) is -0.757. The summed E-state index contributed by atoms with van der Waals surface area (Å²) < 4.78 is 5.24. The van der Waals surface area contributed by atoms with E-state index in [1.54, 1.807) is 12.1 Å². The van der Waals surface area contributed by atoms with E-state index in [1.165, 1.54) is 12.1 Å². The highest BCUT2D eigenvalue weighted by Gasteiger charge is 2.42. The molecular weight excluding hydrogens is 226 g/mol. The molecule has 5 N–H and O–H groups in total. The molecule has 1 aliphatic heterocycles. The molecule has 0 saturated carbocycles. The van der Waals surface area contributed by atoms with Crippen LogP contribution in [0.2, 0.25) is 0 Å². The third-order valence-electron chi connectivity index (χ3n) is 2.70. The second kappa shape index (κ2) is 4.89. The molecule has 1 heterocycles. The van der Waals surface area contributed by atoms with Gasteiger partial charge in [-0.1, -0.05) is 6.07 Å². The van der Waals surface area contributed by atoms with Gasteiger partial charge in [0.05, 0.1) is 6.61 Å². The molecule has 0 spiro atoms. The first-order valence-corrected chi connectivity index (χ1v) is 5.30. The van der Waals surface area contributed by atoms with Crippen LogP contribution in [0.15, 0.2) is 24.3 Å². The van der Waals surface area contributed by atoms with Gasteiger partial charge >= 0.3 is 0 Å². The van der Waals surface area contributed by atoms with E-state index in [0.29, 0.717) is 5.69 Å². The lowest BCUT2D eigenvalue weighted by atomic mass is 10.1. The minimum absolute atomic E-state index is 0.0849. The van der Waals surface area contributed by atoms with Gasteiger partial charge in [0.15, 0.2) is 6.23 Å². The molecule has 0 radical (unpaired) electrons. The van der Waals surface area contributed by atoms with Gasteiger partial charge < -0.3 is 30.5 Å². The molecule has 6 nitrogen and oxygen atoms in total. The van der Waals surface area contributed by atoms with Crippen molar-refractivity contribution in [3.8, 4) is 5.75 Å². The van der Waals surface area contributed by atoms with Crippen LogP contribution in [0, 0.1) is 0 Å². The van der Waals surface area contributed by atoms with E-state index in [1.807, 2.05) is 0 Å². The highest BCUT2D eigenvalue weighted by Crippen LogP contribution is 2.24. The molecule has 1 aliphatic rings. The second-order valence-electron chi connectivity index (χ2n) is 3.95. The fourth-order valence-corrected chi connectivity index (χ4v) is 1.78. The van der Waals surface area contributed by atoms with Crippen LogP contribution in [0.4, 0.5) is 5.69 Å². The van der Waals surface area contributed by atoms with Gasteiger partial charge in [0.1, 0.15) is 24.1 Å². The minimum atomic E-state index is -1.13. The summed E-state index contributed by atoms with van der Waals surface area (Å²) in [5.41, 5.74) is 0.555. The van der Waals surface area contributed by atoms with Gasteiger partial charge in [-0.25, -0.2) is 0 Å². The Bertz CT molecular complexity index is 386. The maximum atomic E-state index is 9.68. The lowest BCUT2D eigenvalue weighted by Gasteiger charge is -2.17. The van der Waals surface area contributed by atoms with E-state index in [4.69, 9.17) is 9.84 Å². The molecule has 1 aromatic carbocycles. The monoisotopic (exact) mass is 241 g/mol. The van der Waals surface area contributed by atoms with Gasteiger partial charge in [0, 0.05) is 11.8 Å². The van der Waals surface area contributed by atoms with E-state index >= 15 is 0 Å². The Kier molecular flexibility index (Phi) is 3.49. The Labute approximate surface area is 98.1 Å². The SMILES string of the molecule is OC[C@H]1OC(Nc2cccc(O)c2)[C@H](O)[C@@H]1O. The number of hydrogen-bond acceptors (Lipinski definition) is 6. The Morgan fingerprint density at radius 2 is 2.00 bits per heavy atom. The minimum Gasteiger partial charge on any atom is -0.508 e. The largest absolute Gasteiger partial charge is 0.508 e. The molecular formula is C11H15NO5. The van der Waals surface area contributed by atoms with Crippen LogP contribution in [0.25, 0.3) is 0 Å². The highest BCUT2D eigenvalue weighted by molar-refractivity contribution is 5.48. The van der Waals surface area contributed by atoms with Crippen LogP contribution in [0.3, 0.4) is 0 Å². The van der Waals surface area contributed by atoms with Crippen molar-refractivity contribution in [3.63, 3.8) is 0 Å². The van der Waals surface area contributed by atoms with Gasteiger partial charge in [-0.3, -0.25) is 0 Å². The van der Waals surface area contributed by atoms with E-state index in [9.17, 15) is 15.3 Å². The number of hydrogen-bond donors (Lipinski definition) is 5. The molecule has 1 fully saturated rings. The summed E-state index contributed by atoms with van der Waals surface area (Å²) in [4.78, 5) is 0. The van der Waals surface area contributed by atoms with E-state index < -0.39 is 24.5 Å².